The van der Waals surface area contributed by atoms with Gasteiger partial charge in [-0.2, -0.15) is 0 Å². The van der Waals surface area contributed by atoms with E-state index in [1.165, 1.54) is 31.2 Å². The van der Waals surface area contributed by atoms with E-state index in [4.69, 9.17) is 0 Å². The van der Waals surface area contributed by atoms with Crippen molar-refractivity contribution in [3.8, 4) is 0 Å². The maximum Gasteiger partial charge on any atom is 0.244 e. The Morgan fingerprint density at radius 1 is 1.10 bits per heavy atom. The Morgan fingerprint density at radius 3 is 2.29 bits per heavy atom. The molecule has 2 rings (SSSR count). The summed E-state index contributed by atoms with van der Waals surface area (Å²) >= 11 is 0. The molecule has 1 saturated carbocycles. The lowest BCUT2D eigenvalue weighted by Gasteiger charge is -2.14. The lowest BCUT2D eigenvalue weighted by atomic mass is 10.0. The van der Waals surface area contributed by atoms with Crippen molar-refractivity contribution >= 4 is 12.0 Å². The van der Waals surface area contributed by atoms with E-state index in [-0.39, 0.29) is 5.91 Å². The third kappa shape index (κ3) is 5.37. The highest BCUT2D eigenvalue weighted by Gasteiger charge is 2.13. The molecule has 1 aromatic rings. The first-order chi connectivity index (χ1) is 10.1. The van der Waals surface area contributed by atoms with E-state index in [0.29, 0.717) is 12.0 Å². The van der Waals surface area contributed by atoms with Crippen molar-refractivity contribution in [2.24, 2.45) is 0 Å². The van der Waals surface area contributed by atoms with Gasteiger partial charge in [-0.05, 0) is 36.0 Å². The zero-order valence-electron chi connectivity index (χ0n) is 13.3. The van der Waals surface area contributed by atoms with E-state index in [2.05, 4.69) is 43.4 Å². The second-order valence-corrected chi connectivity index (χ2v) is 6.35. The monoisotopic (exact) mass is 285 g/mol. The first-order valence-electron chi connectivity index (χ1n) is 8.23. The minimum absolute atomic E-state index is 0.0369. The number of hydrogen-bond acceptors (Lipinski definition) is 1. The van der Waals surface area contributed by atoms with Crippen molar-refractivity contribution in [1.29, 1.82) is 0 Å². The second-order valence-electron chi connectivity index (χ2n) is 6.35. The number of benzene rings is 1. The molecule has 114 valence electrons. The van der Waals surface area contributed by atoms with Crippen molar-refractivity contribution in [1.82, 2.24) is 5.32 Å². The van der Waals surface area contributed by atoms with Crippen molar-refractivity contribution in [2.45, 2.75) is 64.3 Å². The van der Waals surface area contributed by atoms with Gasteiger partial charge in [0.1, 0.15) is 0 Å². The van der Waals surface area contributed by atoms with Crippen molar-refractivity contribution in [2.75, 3.05) is 0 Å². The van der Waals surface area contributed by atoms with Crippen LogP contribution in [0.15, 0.2) is 30.3 Å². The highest BCUT2D eigenvalue weighted by atomic mass is 16.1. The average Bonchev–Trinajstić information content (AvgIpc) is 2.74. The molecule has 0 spiro atoms. The maximum absolute atomic E-state index is 12.0. The molecule has 2 nitrogen and oxygen atoms in total. The Bertz CT molecular complexity index is 465. The van der Waals surface area contributed by atoms with E-state index in [1.54, 1.807) is 6.08 Å². The quantitative estimate of drug-likeness (QED) is 0.632. The van der Waals surface area contributed by atoms with Crippen LogP contribution in [0.2, 0.25) is 0 Å². The van der Waals surface area contributed by atoms with Crippen molar-refractivity contribution in [3.05, 3.63) is 41.5 Å². The summed E-state index contributed by atoms with van der Waals surface area (Å²) in [5.74, 6) is 0.580. The van der Waals surface area contributed by atoms with Gasteiger partial charge in [-0.25, -0.2) is 0 Å². The molecule has 0 aliphatic heterocycles. The molecule has 0 saturated heterocycles. The summed E-state index contributed by atoms with van der Waals surface area (Å²) in [4.78, 5) is 12.0. The van der Waals surface area contributed by atoms with Crippen LogP contribution in [0.3, 0.4) is 0 Å². The fourth-order valence-corrected chi connectivity index (χ4v) is 2.84. The molecule has 0 heterocycles. The van der Waals surface area contributed by atoms with Gasteiger partial charge < -0.3 is 5.32 Å². The van der Waals surface area contributed by atoms with Gasteiger partial charge in [-0.1, -0.05) is 63.8 Å². The fourth-order valence-electron chi connectivity index (χ4n) is 2.84. The average molecular weight is 285 g/mol. The molecule has 21 heavy (non-hydrogen) atoms. The van der Waals surface area contributed by atoms with Crippen LogP contribution in [0.5, 0.6) is 0 Å². The third-order valence-corrected chi connectivity index (χ3v) is 4.23. The fraction of sp³-hybridized carbons (Fsp3) is 0.526. The summed E-state index contributed by atoms with van der Waals surface area (Å²) in [7, 11) is 0. The number of hydrogen-bond donors (Lipinski definition) is 1. The van der Waals surface area contributed by atoms with Crippen LogP contribution >= 0.6 is 0 Å². The Labute approximate surface area is 128 Å². The highest BCUT2D eigenvalue weighted by molar-refractivity contribution is 5.91. The van der Waals surface area contributed by atoms with E-state index in [0.717, 1.165) is 18.4 Å². The van der Waals surface area contributed by atoms with E-state index >= 15 is 0 Å². The third-order valence-electron chi connectivity index (χ3n) is 4.23. The van der Waals surface area contributed by atoms with E-state index < -0.39 is 0 Å². The molecule has 2 heteroatoms. The van der Waals surface area contributed by atoms with Gasteiger partial charge in [0.05, 0.1) is 0 Å². The summed E-state index contributed by atoms with van der Waals surface area (Å²) in [5.41, 5.74) is 2.41. The molecule has 1 amide bonds. The number of carbonyl (C=O) groups is 1. The molecule has 1 aliphatic rings. The molecule has 1 aliphatic carbocycles. The van der Waals surface area contributed by atoms with Gasteiger partial charge >= 0.3 is 0 Å². The Kier molecular flexibility index (Phi) is 6.04. The zero-order chi connectivity index (χ0) is 15.1. The van der Waals surface area contributed by atoms with E-state index in [9.17, 15) is 4.79 Å². The largest absolute Gasteiger partial charge is 0.350 e. The van der Waals surface area contributed by atoms with Crippen LogP contribution in [-0.4, -0.2) is 11.9 Å². The predicted molar refractivity (Wildman–Crippen MR) is 89.2 cm³/mol. The molecule has 0 radical (unpaired) electrons. The van der Waals surface area contributed by atoms with Gasteiger partial charge in [0.15, 0.2) is 0 Å². The highest BCUT2D eigenvalue weighted by Crippen LogP contribution is 2.17. The van der Waals surface area contributed by atoms with Crippen molar-refractivity contribution in [3.63, 3.8) is 0 Å². The SMILES string of the molecule is CC(C)c1ccc(C=CC(=O)NC2CCCCCC2)cc1. The lowest BCUT2D eigenvalue weighted by Crippen LogP contribution is -2.33. The molecule has 0 unspecified atom stereocenters. The van der Waals surface area contributed by atoms with Crippen molar-refractivity contribution < 1.29 is 4.79 Å². The molecule has 1 N–H and O–H groups in total. The summed E-state index contributed by atoms with van der Waals surface area (Å²) in [5, 5.41) is 3.13. The minimum atomic E-state index is 0.0369. The smallest absolute Gasteiger partial charge is 0.244 e. The van der Waals surface area contributed by atoms with Gasteiger partial charge in [0, 0.05) is 12.1 Å². The molecule has 1 aromatic carbocycles. The summed E-state index contributed by atoms with van der Waals surface area (Å²) < 4.78 is 0. The Morgan fingerprint density at radius 2 is 1.71 bits per heavy atom. The minimum Gasteiger partial charge on any atom is -0.350 e. The number of amides is 1. The normalized spacial score (nSPS) is 17.1. The topological polar surface area (TPSA) is 29.1 Å². The van der Waals surface area contributed by atoms with Crippen LogP contribution < -0.4 is 5.32 Å². The molecular formula is C19H27NO. The van der Waals surface area contributed by atoms with Crippen LogP contribution in [-0.2, 0) is 4.79 Å². The summed E-state index contributed by atoms with van der Waals surface area (Å²) in [6, 6.07) is 8.78. The molecule has 0 bridgehead atoms. The maximum atomic E-state index is 12.0. The Hall–Kier alpha value is -1.57. The standard InChI is InChI=1S/C19H27NO/c1-15(2)17-12-9-16(10-13-17)11-14-19(21)20-18-7-5-3-4-6-8-18/h9-15,18H,3-8H2,1-2H3,(H,20,21). The summed E-state index contributed by atoms with van der Waals surface area (Å²) in [6.07, 6.45) is 10.9. The van der Waals surface area contributed by atoms with Gasteiger partial charge in [-0.3, -0.25) is 4.79 Å². The first kappa shape index (κ1) is 15.8. The number of nitrogens with one attached hydrogen (secondary N) is 1. The second kappa shape index (κ2) is 8.02. The zero-order valence-corrected chi connectivity index (χ0v) is 13.3. The molecule has 0 atom stereocenters. The molecule has 1 fully saturated rings. The van der Waals surface area contributed by atoms with E-state index in [1.807, 2.05) is 6.08 Å². The van der Waals surface area contributed by atoms with Gasteiger partial charge in [0.2, 0.25) is 5.91 Å². The van der Waals surface area contributed by atoms with Crippen LogP contribution in [0, 0.1) is 0 Å². The first-order valence-corrected chi connectivity index (χ1v) is 8.23. The predicted octanol–water partition coefficient (Wildman–Crippen LogP) is 4.66. The van der Waals surface area contributed by atoms with Gasteiger partial charge in [0.25, 0.3) is 0 Å². The Balaban J connectivity index is 1.86. The molecular weight excluding hydrogens is 258 g/mol. The number of rotatable bonds is 4. The molecule has 0 aromatic heterocycles. The van der Waals surface area contributed by atoms with Gasteiger partial charge in [-0.15, -0.1) is 0 Å². The lowest BCUT2D eigenvalue weighted by molar-refractivity contribution is -0.117. The van der Waals surface area contributed by atoms with Crippen LogP contribution in [0.25, 0.3) is 6.08 Å². The number of carbonyl (C=O) groups excluding carboxylic acids is 1. The van der Waals surface area contributed by atoms with Crippen LogP contribution in [0.4, 0.5) is 0 Å². The van der Waals surface area contributed by atoms with Crippen LogP contribution in [0.1, 0.15) is 69.4 Å². The summed E-state index contributed by atoms with van der Waals surface area (Å²) in [6.45, 7) is 4.37.